The van der Waals surface area contributed by atoms with E-state index >= 15 is 0 Å². The van der Waals surface area contributed by atoms with Crippen LogP contribution in [0.1, 0.15) is 27.2 Å². The average molecular weight is 564 g/mol. The van der Waals surface area contributed by atoms with Gasteiger partial charge in [-0.25, -0.2) is 4.39 Å². The molecule has 4 aromatic rings. The first kappa shape index (κ1) is 26.2. The normalized spacial score (nSPS) is 11.8. The molecule has 1 aromatic heterocycles. The number of anilines is 2. The Morgan fingerprint density at radius 3 is 2.58 bits per heavy atom. The summed E-state index contributed by atoms with van der Waals surface area (Å²) in [6.45, 7) is 0.185. The number of rotatable bonds is 9. The van der Waals surface area contributed by atoms with E-state index in [-0.39, 0.29) is 33.7 Å². The molecular weight excluding hydrogens is 546 g/mol. The van der Waals surface area contributed by atoms with Gasteiger partial charge in [0.05, 0.1) is 34.2 Å². The highest BCUT2D eigenvalue weighted by molar-refractivity contribution is 7.81. The molecule has 0 saturated heterocycles. The molecule has 1 heterocycles. The summed E-state index contributed by atoms with van der Waals surface area (Å²) in [7, 11) is 0. The lowest BCUT2D eigenvalue weighted by Crippen LogP contribution is -2.29. The van der Waals surface area contributed by atoms with E-state index in [2.05, 4.69) is 14.1 Å². The van der Waals surface area contributed by atoms with E-state index in [1.807, 2.05) is 30.3 Å². The van der Waals surface area contributed by atoms with E-state index in [1.165, 1.54) is 30.3 Å². The molecule has 0 aliphatic carbocycles. The van der Waals surface area contributed by atoms with Crippen LogP contribution in [0.15, 0.2) is 66.7 Å². The summed E-state index contributed by atoms with van der Waals surface area (Å²) in [6.07, 6.45) is 0.698. The minimum atomic E-state index is -2.83. The van der Waals surface area contributed by atoms with Gasteiger partial charge in [0.25, 0.3) is 5.91 Å². The lowest BCUT2D eigenvalue weighted by Gasteiger charge is -2.27. The van der Waals surface area contributed by atoms with Gasteiger partial charge in [-0.1, -0.05) is 59.6 Å². The molecule has 1 amide bonds. The van der Waals surface area contributed by atoms with Crippen molar-refractivity contribution in [2.24, 2.45) is 0 Å². The fraction of sp³-hybridized carbons (Fsp3) is 0.125. The predicted octanol–water partition coefficient (Wildman–Crippen LogP) is 5.48. The van der Waals surface area contributed by atoms with E-state index in [0.717, 1.165) is 21.6 Å². The minimum absolute atomic E-state index is 0.0372. The standard InChI is InChI=1S/C24H19Cl2FN4O3S2/c25-17-7-9-19(24(32)28-11-10-16-6-8-18(27)14-20(16)26)22(13-17)31(36(33)34)23-21(29-35-30-23)12-15-4-2-1-3-5-15/h1-9,13-14H,10-12H2,(H,28,32)(H,33,34)/p-1. The summed E-state index contributed by atoms with van der Waals surface area (Å²) in [5.74, 6) is -0.887. The van der Waals surface area contributed by atoms with Crippen LogP contribution in [0.25, 0.3) is 0 Å². The highest BCUT2D eigenvalue weighted by Crippen LogP contribution is 2.34. The van der Waals surface area contributed by atoms with E-state index < -0.39 is 23.0 Å². The molecule has 0 saturated carbocycles. The molecule has 1 N–H and O–H groups in total. The van der Waals surface area contributed by atoms with Crippen molar-refractivity contribution in [2.75, 3.05) is 10.8 Å². The first-order valence-electron chi connectivity index (χ1n) is 10.6. The van der Waals surface area contributed by atoms with Crippen molar-refractivity contribution in [1.29, 1.82) is 0 Å². The quantitative estimate of drug-likeness (QED) is 0.272. The topological polar surface area (TPSA) is 98.2 Å². The van der Waals surface area contributed by atoms with Crippen LogP contribution < -0.4 is 9.62 Å². The second-order valence-electron chi connectivity index (χ2n) is 7.61. The number of hydrogen-bond acceptors (Lipinski definition) is 6. The molecule has 3 aromatic carbocycles. The Morgan fingerprint density at radius 2 is 1.86 bits per heavy atom. The van der Waals surface area contributed by atoms with Crippen LogP contribution in [-0.4, -0.2) is 30.0 Å². The summed E-state index contributed by atoms with van der Waals surface area (Å²) in [5.41, 5.74) is 2.14. The van der Waals surface area contributed by atoms with Crippen molar-refractivity contribution < 1.29 is 17.9 Å². The number of amides is 1. The minimum Gasteiger partial charge on any atom is -0.755 e. The second-order valence-corrected chi connectivity index (χ2v) is 9.78. The van der Waals surface area contributed by atoms with Gasteiger partial charge in [-0.05, 0) is 47.9 Å². The predicted molar refractivity (Wildman–Crippen MR) is 139 cm³/mol. The maximum absolute atomic E-state index is 13.3. The van der Waals surface area contributed by atoms with Crippen LogP contribution in [0, 0.1) is 5.82 Å². The van der Waals surface area contributed by atoms with Gasteiger partial charge in [0.1, 0.15) is 11.5 Å². The maximum Gasteiger partial charge on any atom is 0.253 e. The van der Waals surface area contributed by atoms with E-state index in [0.29, 0.717) is 24.1 Å². The van der Waals surface area contributed by atoms with Crippen LogP contribution in [0.2, 0.25) is 10.0 Å². The van der Waals surface area contributed by atoms with Crippen molar-refractivity contribution >= 4 is 63.6 Å². The van der Waals surface area contributed by atoms with Gasteiger partial charge in [0.2, 0.25) is 0 Å². The van der Waals surface area contributed by atoms with Crippen molar-refractivity contribution in [3.63, 3.8) is 0 Å². The zero-order chi connectivity index (χ0) is 25.7. The van der Waals surface area contributed by atoms with Gasteiger partial charge < -0.3 is 9.87 Å². The van der Waals surface area contributed by atoms with Gasteiger partial charge in [-0.2, -0.15) is 8.75 Å². The number of aromatic nitrogens is 2. The summed E-state index contributed by atoms with van der Waals surface area (Å²) in [6, 6.07) is 17.8. The monoisotopic (exact) mass is 563 g/mol. The molecule has 0 aliphatic heterocycles. The van der Waals surface area contributed by atoms with Crippen LogP contribution in [-0.2, 0) is 24.1 Å². The molecule has 1 unspecified atom stereocenters. The molecular formula is C24H18Cl2FN4O3S2-. The summed E-state index contributed by atoms with van der Waals surface area (Å²) in [4.78, 5) is 13.1. The van der Waals surface area contributed by atoms with E-state index in [4.69, 9.17) is 23.2 Å². The van der Waals surface area contributed by atoms with Gasteiger partial charge in [-0.15, -0.1) is 0 Å². The van der Waals surface area contributed by atoms with Crippen LogP contribution in [0.5, 0.6) is 0 Å². The third kappa shape index (κ3) is 6.26. The fourth-order valence-electron chi connectivity index (χ4n) is 3.52. The summed E-state index contributed by atoms with van der Waals surface area (Å²) >= 11 is 10.3. The zero-order valence-corrected chi connectivity index (χ0v) is 21.6. The SMILES string of the molecule is O=C(NCCc1ccc(F)cc1Cl)c1ccc(Cl)cc1N(c1nsnc1Cc1ccccc1)S(=O)[O-]. The highest BCUT2D eigenvalue weighted by atomic mass is 35.5. The summed E-state index contributed by atoms with van der Waals surface area (Å²) < 4.78 is 47.5. The smallest absolute Gasteiger partial charge is 0.253 e. The van der Waals surface area contributed by atoms with Crippen molar-refractivity contribution in [1.82, 2.24) is 14.1 Å². The Bertz CT molecular complexity index is 1410. The van der Waals surface area contributed by atoms with E-state index in [9.17, 15) is 17.9 Å². The Hall–Kier alpha value is -2.89. The lowest BCUT2D eigenvalue weighted by atomic mass is 10.1. The fourth-order valence-corrected chi connectivity index (χ4v) is 5.15. The van der Waals surface area contributed by atoms with Crippen molar-refractivity contribution in [2.45, 2.75) is 12.8 Å². The third-order valence-electron chi connectivity index (χ3n) is 5.21. The van der Waals surface area contributed by atoms with Crippen molar-refractivity contribution in [3.05, 3.63) is 105 Å². The number of nitrogens with one attached hydrogen (secondary N) is 1. The molecule has 1 atom stereocenters. The Morgan fingerprint density at radius 1 is 1.08 bits per heavy atom. The number of nitrogens with zero attached hydrogens (tertiary/aromatic N) is 3. The zero-order valence-electron chi connectivity index (χ0n) is 18.5. The number of benzene rings is 3. The molecule has 36 heavy (non-hydrogen) atoms. The number of carbonyl (C=O) groups is 1. The summed E-state index contributed by atoms with van der Waals surface area (Å²) in [5, 5.41) is 3.24. The second kappa shape index (κ2) is 11.9. The first-order valence-corrected chi connectivity index (χ1v) is 13.1. The molecule has 12 heteroatoms. The largest absolute Gasteiger partial charge is 0.755 e. The first-order chi connectivity index (χ1) is 17.3. The van der Waals surface area contributed by atoms with Crippen molar-refractivity contribution in [3.8, 4) is 0 Å². The van der Waals surface area contributed by atoms with Crippen LogP contribution in [0.3, 0.4) is 0 Å². The molecule has 0 radical (unpaired) electrons. The Kier molecular flexibility index (Phi) is 8.65. The Labute approximate surface area is 223 Å². The van der Waals surface area contributed by atoms with Crippen LogP contribution in [0.4, 0.5) is 15.9 Å². The van der Waals surface area contributed by atoms with Gasteiger partial charge in [-0.3, -0.25) is 13.3 Å². The molecule has 0 aliphatic rings. The molecule has 7 nitrogen and oxygen atoms in total. The van der Waals surface area contributed by atoms with Gasteiger partial charge in [0, 0.05) is 23.0 Å². The molecule has 0 spiro atoms. The number of carbonyl (C=O) groups excluding carboxylic acids is 1. The number of hydrogen-bond donors (Lipinski definition) is 1. The molecule has 0 fully saturated rings. The number of halogens is 3. The van der Waals surface area contributed by atoms with Gasteiger partial charge in [0.15, 0.2) is 5.82 Å². The lowest BCUT2D eigenvalue weighted by molar-refractivity contribution is 0.0955. The third-order valence-corrected chi connectivity index (χ3v) is 7.02. The Balaban J connectivity index is 1.60. The van der Waals surface area contributed by atoms with Gasteiger partial charge >= 0.3 is 0 Å². The van der Waals surface area contributed by atoms with Crippen LogP contribution >= 0.6 is 34.9 Å². The maximum atomic E-state index is 13.3. The van der Waals surface area contributed by atoms with E-state index in [1.54, 1.807) is 6.07 Å². The highest BCUT2D eigenvalue weighted by Gasteiger charge is 2.24. The average Bonchev–Trinajstić information content (AvgIpc) is 3.28. The molecule has 4 rings (SSSR count). The molecule has 186 valence electrons. The molecule has 0 bridgehead atoms.